The fourth-order valence-corrected chi connectivity index (χ4v) is 2.96. The largest absolute Gasteiger partial charge is 0.481 e. The summed E-state index contributed by atoms with van der Waals surface area (Å²) in [6.07, 6.45) is 3.43. The molecule has 0 aromatic rings. The Bertz CT molecular complexity index is 299. The molecular weight excluding hydrogens is 250 g/mol. The number of unbranched alkanes of at least 4 members (excludes halogenated alkanes) is 1. The van der Waals surface area contributed by atoms with Gasteiger partial charge in [-0.05, 0) is 31.9 Å². The van der Waals surface area contributed by atoms with Gasteiger partial charge in [0.1, 0.15) is 0 Å². The lowest BCUT2D eigenvalue weighted by Gasteiger charge is -2.36. The van der Waals surface area contributed by atoms with E-state index in [0.29, 0.717) is 31.7 Å². The summed E-state index contributed by atoms with van der Waals surface area (Å²) in [6.45, 7) is 5.07. The van der Waals surface area contributed by atoms with Gasteiger partial charge in [0.05, 0.1) is 11.2 Å². The van der Waals surface area contributed by atoms with Crippen molar-refractivity contribution in [1.82, 2.24) is 4.90 Å². The minimum Gasteiger partial charge on any atom is -0.481 e. The van der Waals surface area contributed by atoms with E-state index in [9.17, 15) is 9.59 Å². The van der Waals surface area contributed by atoms with E-state index in [-0.39, 0.29) is 5.91 Å². The number of thioether (sulfide) groups is 1. The maximum absolute atomic E-state index is 11.9. The second kappa shape index (κ2) is 7.02. The van der Waals surface area contributed by atoms with E-state index in [1.807, 2.05) is 4.90 Å². The van der Waals surface area contributed by atoms with E-state index >= 15 is 0 Å². The molecule has 0 aromatic carbocycles. The highest BCUT2D eigenvalue weighted by Crippen LogP contribution is 2.31. The minimum absolute atomic E-state index is 0.156. The van der Waals surface area contributed by atoms with Gasteiger partial charge >= 0.3 is 5.97 Å². The molecule has 1 aliphatic rings. The molecule has 18 heavy (non-hydrogen) atoms. The summed E-state index contributed by atoms with van der Waals surface area (Å²) < 4.78 is 0. The van der Waals surface area contributed by atoms with E-state index in [1.165, 1.54) is 0 Å². The minimum atomic E-state index is -0.744. The molecule has 1 amide bonds. The summed E-state index contributed by atoms with van der Waals surface area (Å²) in [4.78, 5) is 24.8. The third kappa shape index (κ3) is 4.19. The van der Waals surface area contributed by atoms with Crippen LogP contribution >= 0.6 is 11.8 Å². The predicted octanol–water partition coefficient (Wildman–Crippen LogP) is 2.23. The van der Waals surface area contributed by atoms with Crippen LogP contribution in [0, 0.1) is 5.41 Å². The lowest BCUT2D eigenvalue weighted by Crippen LogP contribution is -2.45. The van der Waals surface area contributed by atoms with Crippen LogP contribution in [0.25, 0.3) is 0 Å². The third-order valence-electron chi connectivity index (χ3n) is 3.60. The number of amides is 1. The van der Waals surface area contributed by atoms with Crippen LogP contribution in [-0.4, -0.2) is 46.5 Å². The average molecular weight is 273 g/mol. The number of carboxylic acids is 1. The van der Waals surface area contributed by atoms with E-state index in [0.717, 1.165) is 18.6 Å². The molecule has 0 aromatic heterocycles. The van der Waals surface area contributed by atoms with Gasteiger partial charge in [0, 0.05) is 13.1 Å². The Hall–Kier alpha value is -0.710. The first-order chi connectivity index (χ1) is 8.49. The van der Waals surface area contributed by atoms with Gasteiger partial charge in [-0.3, -0.25) is 9.59 Å². The number of carbonyl (C=O) groups excluding carboxylic acids is 1. The number of nitrogens with zero attached hydrogens (tertiary/aromatic N) is 1. The summed E-state index contributed by atoms with van der Waals surface area (Å²) in [7, 11) is 0. The fourth-order valence-electron chi connectivity index (χ4n) is 1.96. The van der Waals surface area contributed by atoms with Gasteiger partial charge in [0.15, 0.2) is 0 Å². The Kier molecular flexibility index (Phi) is 5.99. The van der Waals surface area contributed by atoms with E-state index in [2.05, 4.69) is 6.92 Å². The van der Waals surface area contributed by atoms with Gasteiger partial charge in [-0.2, -0.15) is 11.8 Å². The number of likely N-dealkylation sites (tertiary alicyclic amines) is 1. The molecule has 0 bridgehead atoms. The van der Waals surface area contributed by atoms with Crippen molar-refractivity contribution in [1.29, 1.82) is 0 Å². The molecule has 1 saturated heterocycles. The smallest absolute Gasteiger partial charge is 0.309 e. The highest BCUT2D eigenvalue weighted by Gasteiger charge is 2.37. The zero-order valence-electron chi connectivity index (χ0n) is 11.3. The maximum atomic E-state index is 11.9. The third-order valence-corrected chi connectivity index (χ3v) is 4.63. The number of carbonyl (C=O) groups is 2. The van der Waals surface area contributed by atoms with Gasteiger partial charge in [-0.25, -0.2) is 0 Å². The molecule has 0 unspecified atom stereocenters. The van der Waals surface area contributed by atoms with Gasteiger partial charge in [-0.15, -0.1) is 0 Å². The number of hydrogen-bond acceptors (Lipinski definition) is 3. The molecule has 1 N–H and O–H groups in total. The summed E-state index contributed by atoms with van der Waals surface area (Å²) >= 11 is 1.68. The van der Waals surface area contributed by atoms with Gasteiger partial charge in [0.2, 0.25) is 5.91 Å². The van der Waals surface area contributed by atoms with Gasteiger partial charge < -0.3 is 10.0 Å². The Labute approximate surface area is 113 Å². The van der Waals surface area contributed by atoms with E-state index in [1.54, 1.807) is 18.7 Å². The molecule has 0 aliphatic carbocycles. The molecule has 0 atom stereocenters. The first-order valence-corrected chi connectivity index (χ1v) is 7.74. The zero-order chi connectivity index (χ0) is 13.6. The second-order valence-electron chi connectivity index (χ2n) is 5.15. The Morgan fingerprint density at radius 1 is 1.33 bits per heavy atom. The van der Waals surface area contributed by atoms with Crippen LogP contribution in [0.15, 0.2) is 0 Å². The summed E-state index contributed by atoms with van der Waals surface area (Å²) in [5.41, 5.74) is -0.647. The monoisotopic (exact) mass is 273 g/mol. The van der Waals surface area contributed by atoms with Crippen LogP contribution in [0.4, 0.5) is 0 Å². The molecule has 4 nitrogen and oxygen atoms in total. The van der Waals surface area contributed by atoms with Crippen LogP contribution in [0.2, 0.25) is 0 Å². The van der Waals surface area contributed by atoms with Crippen molar-refractivity contribution < 1.29 is 14.7 Å². The molecule has 0 spiro atoms. The number of aliphatic carboxylic acids is 1. The number of rotatable bonds is 6. The molecule has 0 radical (unpaired) electrons. The summed E-state index contributed by atoms with van der Waals surface area (Å²) in [5, 5.41) is 9.12. The van der Waals surface area contributed by atoms with Crippen molar-refractivity contribution in [3.05, 3.63) is 0 Å². The van der Waals surface area contributed by atoms with Crippen LogP contribution in [-0.2, 0) is 9.59 Å². The van der Waals surface area contributed by atoms with Gasteiger partial charge in [0.25, 0.3) is 0 Å². The molecule has 1 aliphatic heterocycles. The van der Waals surface area contributed by atoms with Crippen LogP contribution in [0.1, 0.15) is 39.5 Å². The summed E-state index contributed by atoms with van der Waals surface area (Å²) in [5.74, 6) is 0.975. The molecule has 104 valence electrons. The lowest BCUT2D eigenvalue weighted by atomic mass is 9.80. The number of carboxylic acid groups (broad SMARTS) is 1. The molecule has 1 heterocycles. The first kappa shape index (κ1) is 15.3. The van der Waals surface area contributed by atoms with Crippen molar-refractivity contribution in [3.8, 4) is 0 Å². The summed E-state index contributed by atoms with van der Waals surface area (Å²) in [6, 6.07) is 0. The van der Waals surface area contributed by atoms with E-state index in [4.69, 9.17) is 5.11 Å². The fraction of sp³-hybridized carbons (Fsp3) is 0.846. The number of hydrogen-bond donors (Lipinski definition) is 1. The highest BCUT2D eigenvalue weighted by molar-refractivity contribution is 7.99. The Balaban J connectivity index is 2.30. The molecule has 5 heteroatoms. The quantitative estimate of drug-likeness (QED) is 0.754. The Morgan fingerprint density at radius 3 is 2.44 bits per heavy atom. The van der Waals surface area contributed by atoms with Crippen molar-refractivity contribution >= 4 is 23.6 Å². The topological polar surface area (TPSA) is 57.6 Å². The molecular formula is C13H23NO3S. The van der Waals surface area contributed by atoms with E-state index < -0.39 is 11.4 Å². The highest BCUT2D eigenvalue weighted by atomic mass is 32.2. The Morgan fingerprint density at radius 2 is 1.94 bits per heavy atom. The molecule has 1 rings (SSSR count). The number of piperidine rings is 1. The standard InChI is InChI=1S/C13H23NO3S/c1-3-4-9-18-10-11(15)14-7-5-13(2,6-8-14)12(16)17/h3-10H2,1-2H3,(H,16,17). The second-order valence-corrected chi connectivity index (χ2v) is 6.26. The van der Waals surface area contributed by atoms with Crippen molar-refractivity contribution in [2.45, 2.75) is 39.5 Å². The van der Waals surface area contributed by atoms with Crippen molar-refractivity contribution in [2.24, 2.45) is 5.41 Å². The first-order valence-electron chi connectivity index (χ1n) is 6.58. The molecule has 0 saturated carbocycles. The normalized spacial score (nSPS) is 18.7. The SMILES string of the molecule is CCCCSCC(=O)N1CCC(C)(C(=O)O)CC1. The predicted molar refractivity (Wildman–Crippen MR) is 73.8 cm³/mol. The van der Waals surface area contributed by atoms with Crippen LogP contribution in [0.5, 0.6) is 0 Å². The molecule has 1 fully saturated rings. The maximum Gasteiger partial charge on any atom is 0.309 e. The van der Waals surface area contributed by atoms with Crippen molar-refractivity contribution in [3.63, 3.8) is 0 Å². The zero-order valence-corrected chi connectivity index (χ0v) is 12.1. The van der Waals surface area contributed by atoms with Crippen LogP contribution < -0.4 is 0 Å². The van der Waals surface area contributed by atoms with Gasteiger partial charge in [-0.1, -0.05) is 13.3 Å². The lowest BCUT2D eigenvalue weighted by molar-refractivity contribution is -0.152. The van der Waals surface area contributed by atoms with Crippen LogP contribution in [0.3, 0.4) is 0 Å². The van der Waals surface area contributed by atoms with Crippen molar-refractivity contribution in [2.75, 3.05) is 24.6 Å². The average Bonchev–Trinajstić information content (AvgIpc) is 2.35.